The zero-order valence-electron chi connectivity index (χ0n) is 13.0. The largest absolute Gasteiger partial charge is 0.237 e. The van der Waals surface area contributed by atoms with Crippen LogP contribution in [-0.2, 0) is 0 Å². The number of rotatable bonds is 2. The van der Waals surface area contributed by atoms with E-state index >= 15 is 0 Å². The predicted octanol–water partition coefficient (Wildman–Crippen LogP) is 4.77. The van der Waals surface area contributed by atoms with Crippen LogP contribution in [0.15, 0.2) is 48.5 Å². The highest BCUT2D eigenvalue weighted by Crippen LogP contribution is 2.30. The van der Waals surface area contributed by atoms with E-state index in [0.717, 1.165) is 11.4 Å². The van der Waals surface area contributed by atoms with E-state index in [1.165, 1.54) is 27.9 Å². The minimum absolute atomic E-state index is 1.05. The van der Waals surface area contributed by atoms with E-state index in [-0.39, 0.29) is 0 Å². The molecular formula is C19H20N2. The molecule has 2 nitrogen and oxygen atoms in total. The lowest BCUT2D eigenvalue weighted by atomic mass is 9.99. The molecule has 1 heterocycles. The quantitative estimate of drug-likeness (QED) is 0.659. The van der Waals surface area contributed by atoms with Gasteiger partial charge in [-0.1, -0.05) is 48.0 Å². The average Bonchev–Trinajstić information content (AvgIpc) is 2.78. The second-order valence-corrected chi connectivity index (χ2v) is 5.68. The van der Waals surface area contributed by atoms with Crippen molar-refractivity contribution in [1.82, 2.24) is 9.78 Å². The Morgan fingerprint density at radius 1 is 0.857 bits per heavy atom. The third-order valence-electron chi connectivity index (χ3n) is 3.82. The number of hydrogen-bond donors (Lipinski definition) is 0. The lowest BCUT2D eigenvalue weighted by Crippen LogP contribution is -2.04. The van der Waals surface area contributed by atoms with E-state index in [1.807, 2.05) is 6.92 Å². The Labute approximate surface area is 126 Å². The molecule has 0 aliphatic rings. The molecule has 0 radical (unpaired) electrons. The fraction of sp³-hybridized carbons (Fsp3) is 0.211. The van der Waals surface area contributed by atoms with Crippen molar-refractivity contribution < 1.29 is 0 Å². The van der Waals surface area contributed by atoms with Crippen LogP contribution in [0, 0.1) is 27.7 Å². The molecule has 2 heteroatoms. The summed E-state index contributed by atoms with van der Waals surface area (Å²) in [4.78, 5) is 0. The molecule has 21 heavy (non-hydrogen) atoms. The monoisotopic (exact) mass is 276 g/mol. The summed E-state index contributed by atoms with van der Waals surface area (Å²) in [7, 11) is 0. The summed E-state index contributed by atoms with van der Waals surface area (Å²) in [6, 6.07) is 17.2. The van der Waals surface area contributed by atoms with Crippen molar-refractivity contribution in [2.75, 3.05) is 0 Å². The van der Waals surface area contributed by atoms with Crippen LogP contribution in [0.1, 0.15) is 22.5 Å². The van der Waals surface area contributed by atoms with E-state index in [1.54, 1.807) is 0 Å². The van der Waals surface area contributed by atoms with Crippen LogP contribution in [0.5, 0.6) is 0 Å². The van der Waals surface area contributed by atoms with Crippen molar-refractivity contribution in [3.05, 3.63) is 71.0 Å². The van der Waals surface area contributed by atoms with Gasteiger partial charge in [0, 0.05) is 11.3 Å². The number of aryl methyl sites for hydroxylation is 4. The SMILES string of the molecule is Cc1ccc(-c2cccc(C)c2-n2nc(C)cc2C)cc1. The van der Waals surface area contributed by atoms with Gasteiger partial charge >= 0.3 is 0 Å². The zero-order valence-corrected chi connectivity index (χ0v) is 13.0. The normalized spacial score (nSPS) is 10.9. The van der Waals surface area contributed by atoms with Crippen LogP contribution >= 0.6 is 0 Å². The van der Waals surface area contributed by atoms with E-state index in [9.17, 15) is 0 Å². The maximum Gasteiger partial charge on any atom is 0.0756 e. The predicted molar refractivity (Wildman–Crippen MR) is 87.9 cm³/mol. The van der Waals surface area contributed by atoms with Gasteiger partial charge in [-0.2, -0.15) is 5.10 Å². The topological polar surface area (TPSA) is 17.8 Å². The van der Waals surface area contributed by atoms with Crippen LogP contribution in [0.3, 0.4) is 0 Å². The van der Waals surface area contributed by atoms with Gasteiger partial charge in [0.05, 0.1) is 11.4 Å². The second kappa shape index (κ2) is 5.21. The lowest BCUT2D eigenvalue weighted by Gasteiger charge is -2.14. The van der Waals surface area contributed by atoms with E-state index in [2.05, 4.69) is 79.1 Å². The summed E-state index contributed by atoms with van der Waals surface area (Å²) in [6.07, 6.45) is 0. The van der Waals surface area contributed by atoms with Crippen molar-refractivity contribution in [2.45, 2.75) is 27.7 Å². The van der Waals surface area contributed by atoms with Crippen molar-refractivity contribution >= 4 is 0 Å². The molecule has 3 aromatic rings. The standard InChI is InChI=1S/C19H20N2/c1-13-8-10-17(11-9-13)18-7-5-6-14(2)19(18)21-16(4)12-15(3)20-21/h5-12H,1-4H3. The molecule has 3 rings (SSSR count). The molecule has 0 aliphatic heterocycles. The van der Waals surface area contributed by atoms with Gasteiger partial charge in [0.2, 0.25) is 0 Å². The third kappa shape index (κ3) is 2.49. The van der Waals surface area contributed by atoms with Crippen molar-refractivity contribution in [2.24, 2.45) is 0 Å². The molecule has 0 saturated heterocycles. The molecule has 0 N–H and O–H groups in total. The molecule has 106 valence electrons. The first-order valence-electron chi connectivity index (χ1n) is 7.26. The Kier molecular flexibility index (Phi) is 3.38. The number of benzene rings is 2. The van der Waals surface area contributed by atoms with Gasteiger partial charge in [-0.05, 0) is 44.9 Å². The van der Waals surface area contributed by atoms with Crippen LogP contribution < -0.4 is 0 Å². The summed E-state index contributed by atoms with van der Waals surface area (Å²) < 4.78 is 2.06. The third-order valence-corrected chi connectivity index (χ3v) is 3.82. The van der Waals surface area contributed by atoms with Gasteiger partial charge in [-0.15, -0.1) is 0 Å². The molecule has 0 unspecified atom stereocenters. The summed E-state index contributed by atoms with van der Waals surface area (Å²) in [5.41, 5.74) is 8.35. The van der Waals surface area contributed by atoms with Crippen molar-refractivity contribution in [3.63, 3.8) is 0 Å². The lowest BCUT2D eigenvalue weighted by molar-refractivity contribution is 0.829. The first kappa shape index (κ1) is 13.6. The first-order chi connectivity index (χ1) is 10.1. The number of hydrogen-bond acceptors (Lipinski definition) is 1. The molecule has 0 saturated carbocycles. The number of nitrogens with zero attached hydrogens (tertiary/aromatic N) is 2. The van der Waals surface area contributed by atoms with Crippen LogP contribution in [0.25, 0.3) is 16.8 Å². The second-order valence-electron chi connectivity index (χ2n) is 5.68. The van der Waals surface area contributed by atoms with Gasteiger partial charge in [-0.3, -0.25) is 0 Å². The smallest absolute Gasteiger partial charge is 0.0756 e. The molecule has 0 bridgehead atoms. The molecule has 2 aromatic carbocycles. The summed E-state index contributed by atoms with van der Waals surface area (Å²) >= 11 is 0. The minimum Gasteiger partial charge on any atom is -0.237 e. The van der Waals surface area contributed by atoms with Crippen molar-refractivity contribution in [3.8, 4) is 16.8 Å². The maximum atomic E-state index is 4.66. The highest BCUT2D eigenvalue weighted by molar-refractivity contribution is 5.75. The molecular weight excluding hydrogens is 256 g/mol. The average molecular weight is 276 g/mol. The Morgan fingerprint density at radius 3 is 2.19 bits per heavy atom. The highest BCUT2D eigenvalue weighted by Gasteiger charge is 2.12. The molecule has 0 atom stereocenters. The highest BCUT2D eigenvalue weighted by atomic mass is 15.3. The Hall–Kier alpha value is -2.35. The van der Waals surface area contributed by atoms with Crippen molar-refractivity contribution in [1.29, 1.82) is 0 Å². The van der Waals surface area contributed by atoms with E-state index in [4.69, 9.17) is 0 Å². The molecule has 0 fully saturated rings. The van der Waals surface area contributed by atoms with Gasteiger partial charge in [0.25, 0.3) is 0 Å². The van der Waals surface area contributed by atoms with Gasteiger partial charge in [-0.25, -0.2) is 4.68 Å². The maximum absolute atomic E-state index is 4.66. The fourth-order valence-electron chi connectivity index (χ4n) is 2.76. The molecule has 0 aliphatic carbocycles. The van der Waals surface area contributed by atoms with Gasteiger partial charge in [0.1, 0.15) is 0 Å². The fourth-order valence-corrected chi connectivity index (χ4v) is 2.76. The van der Waals surface area contributed by atoms with Gasteiger partial charge < -0.3 is 0 Å². The number of aromatic nitrogens is 2. The Morgan fingerprint density at radius 2 is 1.57 bits per heavy atom. The van der Waals surface area contributed by atoms with E-state index < -0.39 is 0 Å². The van der Waals surface area contributed by atoms with Crippen LogP contribution in [0.4, 0.5) is 0 Å². The minimum atomic E-state index is 1.05. The summed E-state index contributed by atoms with van der Waals surface area (Å²) in [5.74, 6) is 0. The van der Waals surface area contributed by atoms with Crippen LogP contribution in [0.2, 0.25) is 0 Å². The molecule has 1 aromatic heterocycles. The Bertz CT molecular complexity index is 780. The Balaban J connectivity index is 2.25. The van der Waals surface area contributed by atoms with E-state index in [0.29, 0.717) is 0 Å². The summed E-state index contributed by atoms with van der Waals surface area (Å²) in [6.45, 7) is 8.39. The molecule has 0 amide bonds. The van der Waals surface area contributed by atoms with Gasteiger partial charge in [0.15, 0.2) is 0 Å². The zero-order chi connectivity index (χ0) is 15.0. The first-order valence-corrected chi connectivity index (χ1v) is 7.26. The van der Waals surface area contributed by atoms with Crippen LogP contribution in [-0.4, -0.2) is 9.78 Å². The summed E-state index contributed by atoms with van der Waals surface area (Å²) in [5, 5.41) is 4.66. The number of para-hydroxylation sites is 1. The molecule has 0 spiro atoms.